The lowest BCUT2D eigenvalue weighted by atomic mass is 10.1. The summed E-state index contributed by atoms with van der Waals surface area (Å²) in [6.07, 6.45) is 14.7. The minimum absolute atomic E-state index is 0.0755. The van der Waals surface area contributed by atoms with Crippen molar-refractivity contribution in [3.63, 3.8) is 0 Å². The molecule has 194 valence electrons. The molecular weight excluding hydrogens is 442 g/mol. The number of carboxylic acid groups (broad SMARTS) is 1. The molecule has 7 heteroatoms. The number of nitrogens with one attached hydrogen (secondary N) is 1. The van der Waals surface area contributed by atoms with Crippen molar-refractivity contribution in [1.29, 1.82) is 0 Å². The number of aromatic amines is 1. The van der Waals surface area contributed by atoms with E-state index in [1.807, 2.05) is 23.2 Å². The van der Waals surface area contributed by atoms with Gasteiger partial charge in [-0.2, -0.15) is 0 Å². The van der Waals surface area contributed by atoms with Crippen LogP contribution in [0.1, 0.15) is 83.6 Å². The highest BCUT2D eigenvalue weighted by atomic mass is 16.4. The van der Waals surface area contributed by atoms with Crippen molar-refractivity contribution in [2.75, 3.05) is 26.2 Å². The number of carboxylic acids is 1. The average molecular weight is 486 g/mol. The Kier molecular flexibility index (Phi) is 12.9. The average Bonchev–Trinajstić information content (AvgIpc) is 3.25. The summed E-state index contributed by atoms with van der Waals surface area (Å²) < 4.78 is 0. The molecule has 0 saturated carbocycles. The Balaban J connectivity index is 0.00000100. The van der Waals surface area contributed by atoms with Crippen LogP contribution in [0.25, 0.3) is 10.9 Å². The number of H-pyrrole nitrogens is 1. The van der Waals surface area contributed by atoms with Gasteiger partial charge in [-0.3, -0.25) is 14.4 Å². The molecular formula is C28H43N3O4. The van der Waals surface area contributed by atoms with Gasteiger partial charge < -0.3 is 19.9 Å². The highest BCUT2D eigenvalue weighted by Crippen LogP contribution is 2.19. The Morgan fingerprint density at radius 3 is 2.26 bits per heavy atom. The Morgan fingerprint density at radius 2 is 1.60 bits per heavy atom. The summed E-state index contributed by atoms with van der Waals surface area (Å²) in [6, 6.07) is 8.26. The van der Waals surface area contributed by atoms with Crippen molar-refractivity contribution in [3.05, 3.63) is 36.0 Å². The Labute approximate surface area is 209 Å². The molecule has 2 heterocycles. The smallest absolute Gasteiger partial charge is 0.300 e. The number of nitrogens with zero attached hydrogens (tertiary/aromatic N) is 2. The topological polar surface area (TPSA) is 93.7 Å². The first-order chi connectivity index (χ1) is 16.9. The second kappa shape index (κ2) is 16.0. The summed E-state index contributed by atoms with van der Waals surface area (Å²) in [7, 11) is 0. The lowest BCUT2D eigenvalue weighted by Crippen LogP contribution is -2.52. The summed E-state index contributed by atoms with van der Waals surface area (Å²) in [6.45, 7) is 5.58. The van der Waals surface area contributed by atoms with Gasteiger partial charge in [-0.05, 0) is 24.5 Å². The molecule has 3 rings (SSSR count). The van der Waals surface area contributed by atoms with Crippen LogP contribution in [0.2, 0.25) is 0 Å². The fourth-order valence-corrected chi connectivity index (χ4v) is 4.50. The molecule has 1 aliphatic heterocycles. The van der Waals surface area contributed by atoms with Crippen molar-refractivity contribution in [2.45, 2.75) is 84.5 Å². The number of fused-ring (bicyclic) bond motifs is 1. The molecule has 0 spiro atoms. The van der Waals surface area contributed by atoms with Crippen molar-refractivity contribution in [3.8, 4) is 0 Å². The van der Waals surface area contributed by atoms with Crippen LogP contribution in [0.4, 0.5) is 0 Å². The number of hydrogen-bond acceptors (Lipinski definition) is 3. The van der Waals surface area contributed by atoms with Gasteiger partial charge >= 0.3 is 0 Å². The predicted octanol–water partition coefficient (Wildman–Crippen LogP) is 5.39. The number of rotatable bonds is 13. The van der Waals surface area contributed by atoms with Crippen LogP contribution >= 0.6 is 0 Å². The Bertz CT molecular complexity index is 920. The third-order valence-electron chi connectivity index (χ3n) is 6.49. The summed E-state index contributed by atoms with van der Waals surface area (Å²) >= 11 is 0. The number of amides is 2. The maximum absolute atomic E-state index is 12.6. The molecule has 1 aromatic carbocycles. The molecule has 35 heavy (non-hydrogen) atoms. The van der Waals surface area contributed by atoms with E-state index in [4.69, 9.17) is 9.90 Å². The fraction of sp³-hybridized carbons (Fsp3) is 0.607. The maximum atomic E-state index is 12.6. The summed E-state index contributed by atoms with van der Waals surface area (Å²) in [4.78, 5) is 41.0. The highest BCUT2D eigenvalue weighted by molar-refractivity contribution is 5.86. The zero-order valence-electron chi connectivity index (χ0n) is 21.6. The molecule has 2 amide bonds. The van der Waals surface area contributed by atoms with E-state index < -0.39 is 5.97 Å². The van der Waals surface area contributed by atoms with E-state index >= 15 is 0 Å². The molecule has 2 N–H and O–H groups in total. The Morgan fingerprint density at radius 1 is 0.971 bits per heavy atom. The third-order valence-corrected chi connectivity index (χ3v) is 6.49. The van der Waals surface area contributed by atoms with E-state index in [0.717, 1.165) is 31.7 Å². The Hall–Kier alpha value is -2.83. The highest BCUT2D eigenvalue weighted by Gasteiger charge is 2.26. The first kappa shape index (κ1) is 28.4. The number of aliphatic carboxylic acids is 1. The number of aromatic nitrogens is 1. The standard InChI is InChI=1S/C26H39N3O2.C2H4O2/c1-2-3-4-5-6-7-8-9-10-15-25(30)29-19-18-28(26(31)21-29)17-16-22-20-27-24-14-12-11-13-23(22)24;1-2(3)4/h11-14,20,27H,2-10,15-19,21H2,1H3;1H3,(H,3,4). The number of para-hydroxylation sites is 1. The molecule has 2 aromatic rings. The second-order valence-electron chi connectivity index (χ2n) is 9.40. The largest absolute Gasteiger partial charge is 0.481 e. The van der Waals surface area contributed by atoms with Gasteiger partial charge in [0.25, 0.3) is 5.97 Å². The molecule has 0 bridgehead atoms. The summed E-state index contributed by atoms with van der Waals surface area (Å²) in [5, 5.41) is 8.64. The van der Waals surface area contributed by atoms with E-state index in [1.165, 1.54) is 55.9 Å². The van der Waals surface area contributed by atoms with Crippen LogP contribution in [0.3, 0.4) is 0 Å². The number of hydrogen-bond donors (Lipinski definition) is 2. The van der Waals surface area contributed by atoms with E-state index in [2.05, 4.69) is 24.0 Å². The van der Waals surface area contributed by atoms with Gasteiger partial charge in [0, 0.05) is 50.1 Å². The minimum Gasteiger partial charge on any atom is -0.481 e. The van der Waals surface area contributed by atoms with E-state index in [-0.39, 0.29) is 18.4 Å². The molecule has 1 aromatic heterocycles. The first-order valence-electron chi connectivity index (χ1n) is 13.2. The minimum atomic E-state index is -0.833. The van der Waals surface area contributed by atoms with Gasteiger partial charge in [-0.1, -0.05) is 76.5 Å². The monoisotopic (exact) mass is 485 g/mol. The molecule has 0 unspecified atom stereocenters. The number of carbonyl (C=O) groups is 3. The van der Waals surface area contributed by atoms with E-state index in [9.17, 15) is 9.59 Å². The second-order valence-corrected chi connectivity index (χ2v) is 9.40. The van der Waals surface area contributed by atoms with Crippen LogP contribution in [0.15, 0.2) is 30.5 Å². The number of carbonyl (C=O) groups excluding carboxylic acids is 2. The van der Waals surface area contributed by atoms with Gasteiger partial charge in [0.1, 0.15) is 0 Å². The molecule has 1 fully saturated rings. The van der Waals surface area contributed by atoms with Gasteiger partial charge in [-0.25, -0.2) is 0 Å². The SMILES string of the molecule is CC(=O)O.CCCCCCCCCCCC(=O)N1CCN(CCc2c[nH]c3ccccc23)C(=O)C1. The predicted molar refractivity (Wildman–Crippen MR) is 140 cm³/mol. The lowest BCUT2D eigenvalue weighted by molar-refractivity contribution is -0.145. The van der Waals surface area contributed by atoms with Crippen molar-refractivity contribution >= 4 is 28.7 Å². The third kappa shape index (κ3) is 10.5. The van der Waals surface area contributed by atoms with Crippen LogP contribution in [0.5, 0.6) is 0 Å². The quantitative estimate of drug-likeness (QED) is 0.372. The molecule has 7 nitrogen and oxygen atoms in total. The number of benzene rings is 1. The zero-order valence-corrected chi connectivity index (χ0v) is 21.6. The van der Waals surface area contributed by atoms with Gasteiger partial charge in [0.15, 0.2) is 0 Å². The van der Waals surface area contributed by atoms with E-state index in [1.54, 1.807) is 4.90 Å². The molecule has 0 atom stereocenters. The summed E-state index contributed by atoms with van der Waals surface area (Å²) in [5.41, 5.74) is 2.38. The van der Waals surface area contributed by atoms with Gasteiger partial charge in [0.2, 0.25) is 11.8 Å². The maximum Gasteiger partial charge on any atom is 0.300 e. The summed E-state index contributed by atoms with van der Waals surface area (Å²) in [5.74, 6) is -0.612. The first-order valence-corrected chi connectivity index (χ1v) is 13.2. The number of piperazine rings is 1. The van der Waals surface area contributed by atoms with Crippen LogP contribution in [-0.4, -0.2) is 63.9 Å². The van der Waals surface area contributed by atoms with E-state index in [0.29, 0.717) is 26.1 Å². The lowest BCUT2D eigenvalue weighted by Gasteiger charge is -2.34. The molecule has 1 aliphatic rings. The van der Waals surface area contributed by atoms with Crippen molar-refractivity contribution in [2.24, 2.45) is 0 Å². The van der Waals surface area contributed by atoms with Crippen LogP contribution in [0, 0.1) is 0 Å². The molecule has 0 aliphatic carbocycles. The molecule has 1 saturated heterocycles. The molecule has 0 radical (unpaired) electrons. The van der Waals surface area contributed by atoms with Crippen LogP contribution in [-0.2, 0) is 20.8 Å². The van der Waals surface area contributed by atoms with Gasteiger partial charge in [0.05, 0.1) is 6.54 Å². The van der Waals surface area contributed by atoms with Gasteiger partial charge in [-0.15, -0.1) is 0 Å². The van der Waals surface area contributed by atoms with Crippen molar-refractivity contribution in [1.82, 2.24) is 14.8 Å². The van der Waals surface area contributed by atoms with Crippen LogP contribution < -0.4 is 0 Å². The number of unbranched alkanes of at least 4 members (excludes halogenated alkanes) is 8. The normalized spacial score (nSPS) is 13.6. The van der Waals surface area contributed by atoms with Crippen molar-refractivity contribution < 1.29 is 19.5 Å². The fourth-order valence-electron chi connectivity index (χ4n) is 4.50. The zero-order chi connectivity index (χ0) is 25.5.